The second-order valence-electron chi connectivity index (χ2n) is 7.22. The summed E-state index contributed by atoms with van der Waals surface area (Å²) in [5.41, 5.74) is 0.625. The van der Waals surface area contributed by atoms with Crippen molar-refractivity contribution in [2.75, 3.05) is 33.4 Å². The fourth-order valence-corrected chi connectivity index (χ4v) is 3.79. The molecule has 6 heteroatoms. The molecule has 1 aromatic heterocycles. The van der Waals surface area contributed by atoms with Crippen molar-refractivity contribution in [1.82, 2.24) is 4.90 Å². The first-order valence-corrected chi connectivity index (χ1v) is 9.96. The van der Waals surface area contributed by atoms with Crippen LogP contribution in [0.1, 0.15) is 19.3 Å². The average Bonchev–Trinajstić information content (AvgIpc) is 3.25. The standard InChI is InChI=1S/C23H25NO5/c1-27-22-20(28-13-7-12-24-10-5-6-11-24)15-18(26)21-17(25)14-19(29-23(21)22)16-8-3-2-4-9-16/h2-4,8-9,14-15,26H,5-7,10-13H2,1H3. The first-order chi connectivity index (χ1) is 14.2. The fourth-order valence-electron chi connectivity index (χ4n) is 3.79. The quantitative estimate of drug-likeness (QED) is 0.609. The summed E-state index contributed by atoms with van der Waals surface area (Å²) in [6.45, 7) is 3.76. The molecule has 0 amide bonds. The highest BCUT2D eigenvalue weighted by molar-refractivity contribution is 5.91. The number of ether oxygens (including phenoxy) is 2. The lowest BCUT2D eigenvalue weighted by Gasteiger charge is -2.16. The number of rotatable bonds is 7. The van der Waals surface area contributed by atoms with Crippen LogP contribution in [-0.2, 0) is 0 Å². The van der Waals surface area contributed by atoms with Crippen LogP contribution in [0, 0.1) is 0 Å². The van der Waals surface area contributed by atoms with Crippen LogP contribution in [0.25, 0.3) is 22.3 Å². The Kier molecular flexibility index (Phi) is 5.71. The Morgan fingerprint density at radius 2 is 1.90 bits per heavy atom. The van der Waals surface area contributed by atoms with Crippen LogP contribution in [0.3, 0.4) is 0 Å². The zero-order chi connectivity index (χ0) is 20.2. The summed E-state index contributed by atoms with van der Waals surface area (Å²) in [6, 6.07) is 12.2. The molecule has 2 aromatic carbocycles. The number of hydrogen-bond donors (Lipinski definition) is 1. The fraction of sp³-hybridized carbons (Fsp3) is 0.348. The number of aromatic hydroxyl groups is 1. The first kappa shape index (κ1) is 19.3. The number of phenols is 1. The van der Waals surface area contributed by atoms with Crippen molar-refractivity contribution in [1.29, 1.82) is 0 Å². The molecule has 0 atom stereocenters. The minimum atomic E-state index is -0.332. The van der Waals surface area contributed by atoms with E-state index in [9.17, 15) is 9.90 Å². The van der Waals surface area contributed by atoms with Gasteiger partial charge in [-0.2, -0.15) is 0 Å². The molecule has 6 nitrogen and oxygen atoms in total. The Balaban J connectivity index is 1.65. The molecule has 1 saturated heterocycles. The molecule has 152 valence electrons. The SMILES string of the molecule is COc1c(OCCCN2CCCC2)cc(O)c2c(=O)cc(-c3ccccc3)oc12. The second-order valence-corrected chi connectivity index (χ2v) is 7.22. The first-order valence-electron chi connectivity index (χ1n) is 9.96. The van der Waals surface area contributed by atoms with E-state index in [-0.39, 0.29) is 22.1 Å². The molecule has 3 aromatic rings. The van der Waals surface area contributed by atoms with Gasteiger partial charge in [-0.15, -0.1) is 0 Å². The monoisotopic (exact) mass is 395 g/mol. The van der Waals surface area contributed by atoms with Crippen LogP contribution in [0.5, 0.6) is 17.2 Å². The number of fused-ring (bicyclic) bond motifs is 1. The van der Waals surface area contributed by atoms with Gasteiger partial charge in [0.1, 0.15) is 16.9 Å². The van der Waals surface area contributed by atoms with Crippen molar-refractivity contribution in [3.63, 3.8) is 0 Å². The molecular weight excluding hydrogens is 370 g/mol. The van der Waals surface area contributed by atoms with E-state index in [2.05, 4.69) is 4.90 Å². The van der Waals surface area contributed by atoms with E-state index < -0.39 is 0 Å². The topological polar surface area (TPSA) is 72.1 Å². The van der Waals surface area contributed by atoms with E-state index in [1.165, 1.54) is 32.1 Å². The number of phenolic OH excluding ortho intramolecular Hbond substituents is 1. The molecule has 0 aliphatic carbocycles. The van der Waals surface area contributed by atoms with Gasteiger partial charge in [-0.05, 0) is 32.4 Å². The van der Waals surface area contributed by atoms with Gasteiger partial charge in [0, 0.05) is 24.2 Å². The van der Waals surface area contributed by atoms with E-state index in [1.807, 2.05) is 30.3 Å². The predicted octanol–water partition coefficient (Wildman–Crippen LogP) is 4.04. The summed E-state index contributed by atoms with van der Waals surface area (Å²) in [5.74, 6) is 0.914. The molecule has 0 radical (unpaired) electrons. The molecule has 1 fully saturated rings. The summed E-state index contributed by atoms with van der Waals surface area (Å²) in [5, 5.41) is 10.5. The maximum atomic E-state index is 12.7. The van der Waals surface area contributed by atoms with E-state index in [4.69, 9.17) is 13.9 Å². The molecule has 29 heavy (non-hydrogen) atoms. The highest BCUT2D eigenvalue weighted by Crippen LogP contribution is 2.41. The van der Waals surface area contributed by atoms with Crippen molar-refractivity contribution < 1.29 is 19.0 Å². The molecule has 0 unspecified atom stereocenters. The van der Waals surface area contributed by atoms with Gasteiger partial charge < -0.3 is 23.9 Å². The summed E-state index contributed by atoms with van der Waals surface area (Å²) < 4.78 is 17.4. The number of benzene rings is 2. The van der Waals surface area contributed by atoms with Gasteiger partial charge in [0.15, 0.2) is 16.8 Å². The Labute approximate surface area is 169 Å². The Hall–Kier alpha value is -2.99. The molecule has 2 heterocycles. The van der Waals surface area contributed by atoms with Crippen molar-refractivity contribution in [3.8, 4) is 28.6 Å². The van der Waals surface area contributed by atoms with Crippen molar-refractivity contribution in [2.45, 2.75) is 19.3 Å². The number of nitrogens with zero attached hydrogens (tertiary/aromatic N) is 1. The third-order valence-corrected chi connectivity index (χ3v) is 5.24. The highest BCUT2D eigenvalue weighted by atomic mass is 16.5. The van der Waals surface area contributed by atoms with Gasteiger partial charge in [-0.25, -0.2) is 0 Å². The second kappa shape index (κ2) is 8.57. The lowest BCUT2D eigenvalue weighted by atomic mass is 10.1. The van der Waals surface area contributed by atoms with Crippen LogP contribution in [0.2, 0.25) is 0 Å². The largest absolute Gasteiger partial charge is 0.507 e. The van der Waals surface area contributed by atoms with Gasteiger partial charge in [-0.3, -0.25) is 4.79 Å². The van der Waals surface area contributed by atoms with Gasteiger partial charge in [0.05, 0.1) is 13.7 Å². The molecule has 4 rings (SSSR count). The molecular formula is C23H25NO5. The Morgan fingerprint density at radius 1 is 1.14 bits per heavy atom. The van der Waals surface area contributed by atoms with Crippen molar-refractivity contribution in [3.05, 3.63) is 52.7 Å². The smallest absolute Gasteiger partial charge is 0.205 e. The highest BCUT2D eigenvalue weighted by Gasteiger charge is 2.20. The lowest BCUT2D eigenvalue weighted by Crippen LogP contribution is -2.22. The van der Waals surface area contributed by atoms with Crippen LogP contribution < -0.4 is 14.9 Å². The maximum Gasteiger partial charge on any atom is 0.205 e. The number of hydrogen-bond acceptors (Lipinski definition) is 6. The third-order valence-electron chi connectivity index (χ3n) is 5.24. The minimum Gasteiger partial charge on any atom is -0.507 e. The molecule has 0 saturated carbocycles. The third kappa shape index (κ3) is 4.07. The van der Waals surface area contributed by atoms with Crippen LogP contribution >= 0.6 is 0 Å². The molecule has 0 spiro atoms. The zero-order valence-electron chi connectivity index (χ0n) is 16.5. The Morgan fingerprint density at radius 3 is 2.62 bits per heavy atom. The van der Waals surface area contributed by atoms with Crippen molar-refractivity contribution >= 4 is 11.0 Å². The minimum absolute atomic E-state index is 0.0888. The summed E-state index contributed by atoms with van der Waals surface area (Å²) in [4.78, 5) is 15.1. The maximum absolute atomic E-state index is 12.7. The van der Waals surface area contributed by atoms with E-state index in [1.54, 1.807) is 0 Å². The molecule has 1 aliphatic heterocycles. The number of likely N-dealkylation sites (tertiary alicyclic amines) is 1. The van der Waals surface area contributed by atoms with Gasteiger partial charge in [0.25, 0.3) is 0 Å². The molecule has 1 aliphatic rings. The van der Waals surface area contributed by atoms with E-state index in [0.29, 0.717) is 23.9 Å². The van der Waals surface area contributed by atoms with Gasteiger partial charge in [0.2, 0.25) is 5.75 Å². The predicted molar refractivity (Wildman–Crippen MR) is 112 cm³/mol. The van der Waals surface area contributed by atoms with Crippen LogP contribution in [0.4, 0.5) is 0 Å². The summed E-state index contributed by atoms with van der Waals surface area (Å²) in [7, 11) is 1.50. The van der Waals surface area contributed by atoms with Gasteiger partial charge in [-0.1, -0.05) is 30.3 Å². The summed E-state index contributed by atoms with van der Waals surface area (Å²) in [6.07, 6.45) is 3.39. The van der Waals surface area contributed by atoms with Crippen molar-refractivity contribution in [2.24, 2.45) is 0 Å². The Bertz CT molecular complexity index is 1040. The van der Waals surface area contributed by atoms with Gasteiger partial charge >= 0.3 is 0 Å². The summed E-state index contributed by atoms with van der Waals surface area (Å²) >= 11 is 0. The lowest BCUT2D eigenvalue weighted by molar-refractivity contribution is 0.253. The normalized spacial score (nSPS) is 14.4. The average molecular weight is 395 g/mol. The zero-order valence-corrected chi connectivity index (χ0v) is 16.5. The van der Waals surface area contributed by atoms with Crippen LogP contribution in [0.15, 0.2) is 51.7 Å². The van der Waals surface area contributed by atoms with Crippen LogP contribution in [-0.4, -0.2) is 43.4 Å². The van der Waals surface area contributed by atoms with E-state index >= 15 is 0 Å². The molecule has 0 bridgehead atoms. The van der Waals surface area contributed by atoms with E-state index in [0.717, 1.165) is 31.6 Å². The molecule has 1 N–H and O–H groups in total. The number of methoxy groups -OCH3 is 1.